The highest BCUT2D eigenvalue weighted by Crippen LogP contribution is 2.40. The van der Waals surface area contributed by atoms with Crippen molar-refractivity contribution in [3.8, 4) is 11.1 Å². The van der Waals surface area contributed by atoms with Gasteiger partial charge in [0.25, 0.3) is 0 Å². The van der Waals surface area contributed by atoms with Gasteiger partial charge in [-0.3, -0.25) is 4.79 Å². The number of hydrogen-bond acceptors (Lipinski definition) is 5. The van der Waals surface area contributed by atoms with E-state index in [2.05, 4.69) is 5.32 Å². The molecule has 6 nitrogen and oxygen atoms in total. The van der Waals surface area contributed by atoms with Crippen molar-refractivity contribution in [3.63, 3.8) is 0 Å². The van der Waals surface area contributed by atoms with Crippen LogP contribution in [0.1, 0.15) is 28.6 Å². The first kappa shape index (κ1) is 20.7. The number of aliphatic carboxylic acids is 1. The smallest absolute Gasteiger partial charge is 0.341 e. The maximum atomic E-state index is 12.6. The molecule has 0 aliphatic rings. The van der Waals surface area contributed by atoms with Crippen LogP contribution in [-0.2, 0) is 14.3 Å². The molecule has 1 aromatic heterocycles. The molecule has 8 heteroatoms. The lowest BCUT2D eigenvalue weighted by molar-refractivity contribution is -0.131. The fourth-order valence-corrected chi connectivity index (χ4v) is 3.55. The largest absolute Gasteiger partial charge is 0.478 e. The van der Waals surface area contributed by atoms with Crippen molar-refractivity contribution in [1.82, 2.24) is 0 Å². The minimum absolute atomic E-state index is 0.241. The summed E-state index contributed by atoms with van der Waals surface area (Å²) in [7, 11) is 0. The first-order valence-electron chi connectivity index (χ1n) is 8.12. The maximum absolute atomic E-state index is 12.6. The molecule has 142 valence electrons. The quantitative estimate of drug-likeness (QED) is 0.519. The first-order valence-corrected chi connectivity index (χ1v) is 9.31. The third-order valence-electron chi connectivity index (χ3n) is 3.47. The highest BCUT2D eigenvalue weighted by molar-refractivity contribution is 7.17. The van der Waals surface area contributed by atoms with Gasteiger partial charge in [0.05, 0.1) is 6.61 Å². The van der Waals surface area contributed by atoms with Crippen LogP contribution < -0.4 is 5.32 Å². The van der Waals surface area contributed by atoms with E-state index < -0.39 is 17.8 Å². The molecule has 0 aliphatic heterocycles. The maximum Gasteiger partial charge on any atom is 0.341 e. The van der Waals surface area contributed by atoms with E-state index in [1.54, 1.807) is 24.3 Å². The van der Waals surface area contributed by atoms with Crippen molar-refractivity contribution in [3.05, 3.63) is 51.9 Å². The van der Waals surface area contributed by atoms with Crippen molar-refractivity contribution in [2.75, 3.05) is 11.9 Å². The molecule has 0 saturated carbocycles. The molecule has 0 saturated heterocycles. The highest BCUT2D eigenvalue weighted by Gasteiger charge is 2.25. The number of halogens is 1. The van der Waals surface area contributed by atoms with E-state index in [-0.39, 0.29) is 12.2 Å². The van der Waals surface area contributed by atoms with E-state index in [0.29, 0.717) is 22.0 Å². The van der Waals surface area contributed by atoms with Gasteiger partial charge in [0.15, 0.2) is 0 Å². The summed E-state index contributed by atoms with van der Waals surface area (Å²) in [6.07, 6.45) is 2.28. The molecule has 0 spiro atoms. The van der Waals surface area contributed by atoms with E-state index >= 15 is 0 Å². The zero-order valence-corrected chi connectivity index (χ0v) is 16.3. The molecule has 0 bridgehead atoms. The SMILES string of the molecule is CCCOC(=O)c1c(NC(=O)C=CC(=O)O)sc(C)c1-c1ccc(Cl)cc1. The Bertz CT molecular complexity index is 886. The van der Waals surface area contributed by atoms with Crippen LogP contribution in [0.5, 0.6) is 0 Å². The summed E-state index contributed by atoms with van der Waals surface area (Å²) in [6.45, 7) is 3.96. The van der Waals surface area contributed by atoms with Gasteiger partial charge in [0.1, 0.15) is 10.6 Å². The van der Waals surface area contributed by atoms with Gasteiger partial charge in [0.2, 0.25) is 5.91 Å². The molecule has 0 aliphatic carbocycles. The second kappa shape index (κ2) is 9.34. The van der Waals surface area contributed by atoms with Crippen LogP contribution in [-0.4, -0.2) is 29.6 Å². The standard InChI is InChI=1S/C19H18ClNO5S/c1-3-10-26-19(25)17-16(12-4-6-13(20)7-5-12)11(2)27-18(17)21-14(22)8-9-15(23)24/h4-9H,3,10H2,1-2H3,(H,21,22)(H,23,24). The normalized spacial score (nSPS) is 10.8. The van der Waals surface area contributed by atoms with E-state index in [4.69, 9.17) is 21.4 Å². The first-order chi connectivity index (χ1) is 12.8. The molecule has 2 N–H and O–H groups in total. The van der Waals surface area contributed by atoms with E-state index in [0.717, 1.165) is 22.6 Å². The Balaban J connectivity index is 2.48. The van der Waals surface area contributed by atoms with Crippen molar-refractivity contribution < 1.29 is 24.2 Å². The van der Waals surface area contributed by atoms with Crippen LogP contribution in [0, 0.1) is 6.92 Å². The molecule has 0 fully saturated rings. The Kier molecular flexibility index (Phi) is 7.15. The third kappa shape index (κ3) is 5.42. The summed E-state index contributed by atoms with van der Waals surface area (Å²) >= 11 is 7.16. The number of nitrogens with one attached hydrogen (secondary N) is 1. The monoisotopic (exact) mass is 407 g/mol. The fraction of sp³-hybridized carbons (Fsp3) is 0.211. The lowest BCUT2D eigenvalue weighted by atomic mass is 10.0. The van der Waals surface area contributed by atoms with Gasteiger partial charge >= 0.3 is 11.9 Å². The fourth-order valence-electron chi connectivity index (χ4n) is 2.36. The lowest BCUT2D eigenvalue weighted by Crippen LogP contribution is -2.13. The van der Waals surface area contributed by atoms with Gasteiger partial charge in [-0.15, -0.1) is 11.3 Å². The molecule has 2 aromatic rings. The van der Waals surface area contributed by atoms with Crippen LogP contribution in [0.25, 0.3) is 11.1 Å². The minimum atomic E-state index is -1.24. The molecule has 1 aromatic carbocycles. The number of ether oxygens (including phenoxy) is 1. The summed E-state index contributed by atoms with van der Waals surface area (Å²) in [6, 6.07) is 6.99. The van der Waals surface area contributed by atoms with Gasteiger partial charge in [-0.1, -0.05) is 30.7 Å². The lowest BCUT2D eigenvalue weighted by Gasteiger charge is -2.09. The molecule has 0 atom stereocenters. The number of aryl methyl sites for hydroxylation is 1. The molecule has 0 unspecified atom stereocenters. The van der Waals surface area contributed by atoms with Gasteiger partial charge in [-0.05, 0) is 31.0 Å². The van der Waals surface area contributed by atoms with Gasteiger partial charge in [-0.25, -0.2) is 9.59 Å². The molecule has 0 radical (unpaired) electrons. The third-order valence-corrected chi connectivity index (χ3v) is 4.75. The predicted octanol–water partition coefficient (Wildman–Crippen LogP) is 4.52. The molecular weight excluding hydrogens is 390 g/mol. The molecule has 1 amide bonds. The van der Waals surface area contributed by atoms with Crippen LogP contribution >= 0.6 is 22.9 Å². The predicted molar refractivity (Wildman–Crippen MR) is 105 cm³/mol. The Hall–Kier alpha value is -2.64. The Morgan fingerprint density at radius 1 is 1.22 bits per heavy atom. The van der Waals surface area contributed by atoms with Crippen molar-refractivity contribution in [2.24, 2.45) is 0 Å². The second-order valence-electron chi connectivity index (χ2n) is 5.54. The number of carbonyl (C=O) groups is 3. The van der Waals surface area contributed by atoms with E-state index in [1.807, 2.05) is 13.8 Å². The zero-order valence-electron chi connectivity index (χ0n) is 14.7. The van der Waals surface area contributed by atoms with Crippen LogP contribution in [0.15, 0.2) is 36.4 Å². The number of carboxylic acids is 1. The Labute approximate surface area is 165 Å². The summed E-state index contributed by atoms with van der Waals surface area (Å²) in [5, 5.41) is 12.1. The number of amides is 1. The van der Waals surface area contributed by atoms with Gasteiger partial charge < -0.3 is 15.2 Å². The van der Waals surface area contributed by atoms with Crippen LogP contribution in [0.3, 0.4) is 0 Å². The number of carboxylic acid groups (broad SMARTS) is 1. The molecular formula is C19H18ClNO5S. The number of carbonyl (C=O) groups excluding carboxylic acids is 2. The highest BCUT2D eigenvalue weighted by atomic mass is 35.5. The van der Waals surface area contributed by atoms with Crippen LogP contribution in [0.4, 0.5) is 5.00 Å². The number of anilines is 1. The summed E-state index contributed by atoms with van der Waals surface area (Å²) in [5.41, 5.74) is 1.65. The Morgan fingerprint density at radius 2 is 1.89 bits per heavy atom. The van der Waals surface area contributed by atoms with Crippen LogP contribution in [0.2, 0.25) is 5.02 Å². The number of rotatable bonds is 7. The number of thiophene rings is 1. The van der Waals surface area contributed by atoms with Crippen molar-refractivity contribution in [1.29, 1.82) is 0 Å². The molecule has 2 rings (SSSR count). The van der Waals surface area contributed by atoms with Crippen molar-refractivity contribution in [2.45, 2.75) is 20.3 Å². The Morgan fingerprint density at radius 3 is 2.48 bits per heavy atom. The molecule has 27 heavy (non-hydrogen) atoms. The number of hydrogen-bond donors (Lipinski definition) is 2. The summed E-state index contributed by atoms with van der Waals surface area (Å²) in [5.74, 6) is -2.44. The second-order valence-corrected chi connectivity index (χ2v) is 7.20. The number of esters is 1. The average Bonchev–Trinajstić information content (AvgIpc) is 2.94. The average molecular weight is 408 g/mol. The van der Waals surface area contributed by atoms with Gasteiger partial charge in [0, 0.05) is 27.6 Å². The van der Waals surface area contributed by atoms with E-state index in [9.17, 15) is 14.4 Å². The topological polar surface area (TPSA) is 92.7 Å². The van der Waals surface area contributed by atoms with Crippen molar-refractivity contribution >= 4 is 45.8 Å². The number of benzene rings is 1. The summed E-state index contributed by atoms with van der Waals surface area (Å²) in [4.78, 5) is 36.0. The van der Waals surface area contributed by atoms with Gasteiger partial charge in [-0.2, -0.15) is 0 Å². The summed E-state index contributed by atoms with van der Waals surface area (Å²) < 4.78 is 5.28. The van der Waals surface area contributed by atoms with E-state index in [1.165, 1.54) is 11.3 Å². The minimum Gasteiger partial charge on any atom is -0.478 e. The zero-order chi connectivity index (χ0) is 20.0. The molecule has 1 heterocycles.